The average Bonchev–Trinajstić information content (AvgIpc) is 2.39. The second kappa shape index (κ2) is 7.12. The summed E-state index contributed by atoms with van der Waals surface area (Å²) in [7, 11) is 0. The predicted molar refractivity (Wildman–Crippen MR) is 76.5 cm³/mol. The van der Waals surface area contributed by atoms with E-state index in [1.54, 1.807) is 4.90 Å². The minimum absolute atomic E-state index is 0.119. The van der Waals surface area contributed by atoms with Crippen LogP contribution in [0.3, 0.4) is 0 Å². The Morgan fingerprint density at radius 1 is 1.32 bits per heavy atom. The lowest BCUT2D eigenvalue weighted by atomic mass is 10.0. The number of amides is 1. The molecule has 1 rings (SSSR count). The Kier molecular flexibility index (Phi) is 5.80. The van der Waals surface area contributed by atoms with Crippen molar-refractivity contribution in [2.75, 3.05) is 18.8 Å². The van der Waals surface area contributed by atoms with E-state index in [-0.39, 0.29) is 11.6 Å². The molecule has 0 fully saturated rings. The first-order valence-electron chi connectivity index (χ1n) is 6.87. The Labute approximate surface area is 114 Å². The molecule has 0 heterocycles. The van der Waals surface area contributed by atoms with Crippen LogP contribution in [0.5, 0.6) is 0 Å². The molecule has 106 valence electrons. The van der Waals surface area contributed by atoms with Crippen molar-refractivity contribution in [2.24, 2.45) is 5.92 Å². The van der Waals surface area contributed by atoms with E-state index in [4.69, 9.17) is 5.73 Å². The number of benzene rings is 1. The van der Waals surface area contributed by atoms with Gasteiger partial charge < -0.3 is 10.6 Å². The van der Waals surface area contributed by atoms with Gasteiger partial charge >= 0.3 is 0 Å². The largest absolute Gasteiger partial charge is 0.398 e. The zero-order valence-corrected chi connectivity index (χ0v) is 11.9. The Hall–Kier alpha value is -1.58. The van der Waals surface area contributed by atoms with Crippen LogP contribution >= 0.6 is 0 Å². The van der Waals surface area contributed by atoms with Crippen LogP contribution in [0.15, 0.2) is 18.2 Å². The summed E-state index contributed by atoms with van der Waals surface area (Å²) in [5.74, 6) is -0.0467. The van der Waals surface area contributed by atoms with E-state index in [9.17, 15) is 9.18 Å². The molecule has 1 aromatic carbocycles. The quantitative estimate of drug-likeness (QED) is 0.803. The smallest absolute Gasteiger partial charge is 0.255 e. The summed E-state index contributed by atoms with van der Waals surface area (Å²) in [4.78, 5) is 14.2. The van der Waals surface area contributed by atoms with Crippen molar-refractivity contribution in [3.63, 3.8) is 0 Å². The van der Waals surface area contributed by atoms with Crippen molar-refractivity contribution >= 4 is 11.6 Å². The number of hydrogen-bond acceptors (Lipinski definition) is 2. The second-order valence-electron chi connectivity index (χ2n) is 4.76. The van der Waals surface area contributed by atoms with Gasteiger partial charge in [0.05, 0.1) is 5.56 Å². The molecular weight excluding hydrogens is 243 g/mol. The van der Waals surface area contributed by atoms with Crippen molar-refractivity contribution in [1.29, 1.82) is 0 Å². The van der Waals surface area contributed by atoms with Crippen molar-refractivity contribution in [1.82, 2.24) is 4.90 Å². The first-order chi connectivity index (χ1) is 9.03. The van der Waals surface area contributed by atoms with Crippen LogP contribution in [-0.2, 0) is 0 Å². The van der Waals surface area contributed by atoms with Crippen LogP contribution in [0.4, 0.5) is 10.1 Å². The molecule has 0 unspecified atom stereocenters. The summed E-state index contributed by atoms with van der Waals surface area (Å²) in [6, 6.07) is 3.93. The molecule has 3 nitrogen and oxygen atoms in total. The topological polar surface area (TPSA) is 46.3 Å². The van der Waals surface area contributed by atoms with Gasteiger partial charge in [-0.05, 0) is 31.0 Å². The van der Waals surface area contributed by atoms with E-state index in [1.807, 2.05) is 6.92 Å². The zero-order valence-electron chi connectivity index (χ0n) is 11.9. The number of nitrogens with two attached hydrogens (primary N) is 1. The van der Waals surface area contributed by atoms with Gasteiger partial charge in [-0.15, -0.1) is 0 Å². The number of halogens is 1. The number of carbonyl (C=O) groups is 1. The van der Waals surface area contributed by atoms with E-state index >= 15 is 0 Å². The maximum atomic E-state index is 13.0. The number of nitrogens with zero attached hydrogens (tertiary/aromatic N) is 1. The molecule has 1 aromatic rings. The fourth-order valence-corrected chi connectivity index (χ4v) is 2.11. The van der Waals surface area contributed by atoms with E-state index in [0.29, 0.717) is 18.0 Å². The Morgan fingerprint density at radius 2 is 1.95 bits per heavy atom. The number of rotatable bonds is 6. The Balaban J connectivity index is 2.89. The predicted octanol–water partition coefficient (Wildman–Crippen LogP) is 3.31. The maximum Gasteiger partial charge on any atom is 0.255 e. The number of carbonyl (C=O) groups excluding carboxylic acids is 1. The van der Waals surface area contributed by atoms with Crippen LogP contribution in [0.25, 0.3) is 0 Å². The third-order valence-corrected chi connectivity index (χ3v) is 3.55. The summed E-state index contributed by atoms with van der Waals surface area (Å²) >= 11 is 0. The molecule has 1 amide bonds. The highest BCUT2D eigenvalue weighted by Gasteiger charge is 2.19. The summed E-state index contributed by atoms with van der Waals surface area (Å²) in [5.41, 5.74) is 6.31. The Morgan fingerprint density at radius 3 is 2.42 bits per heavy atom. The van der Waals surface area contributed by atoms with E-state index in [2.05, 4.69) is 13.8 Å². The fraction of sp³-hybridized carbons (Fsp3) is 0.533. The minimum atomic E-state index is -0.419. The van der Waals surface area contributed by atoms with Gasteiger partial charge in [0.25, 0.3) is 5.91 Å². The molecule has 0 aliphatic carbocycles. The van der Waals surface area contributed by atoms with Gasteiger partial charge in [-0.1, -0.05) is 26.7 Å². The molecule has 0 aliphatic heterocycles. The standard InChI is InChI=1S/C15H23FN2O/c1-4-11(5-2)10-18(6-3)15(19)13-8-7-12(16)9-14(13)17/h7-9,11H,4-6,10,17H2,1-3H3. The van der Waals surface area contributed by atoms with Crippen molar-refractivity contribution in [3.8, 4) is 0 Å². The maximum absolute atomic E-state index is 13.0. The molecule has 4 heteroatoms. The van der Waals surface area contributed by atoms with Gasteiger partial charge in [0.15, 0.2) is 0 Å². The molecule has 19 heavy (non-hydrogen) atoms. The van der Waals surface area contributed by atoms with Crippen molar-refractivity contribution in [3.05, 3.63) is 29.6 Å². The van der Waals surface area contributed by atoms with E-state index < -0.39 is 5.82 Å². The molecule has 0 bridgehead atoms. The average molecular weight is 266 g/mol. The molecular formula is C15H23FN2O. The first-order valence-corrected chi connectivity index (χ1v) is 6.87. The minimum Gasteiger partial charge on any atom is -0.398 e. The number of anilines is 1. The highest BCUT2D eigenvalue weighted by molar-refractivity contribution is 5.99. The molecule has 0 radical (unpaired) electrons. The molecule has 0 aromatic heterocycles. The molecule has 0 spiro atoms. The number of hydrogen-bond donors (Lipinski definition) is 1. The van der Waals surface area contributed by atoms with Crippen LogP contribution in [-0.4, -0.2) is 23.9 Å². The first kappa shape index (κ1) is 15.5. The molecule has 0 saturated heterocycles. The van der Waals surface area contributed by atoms with Gasteiger partial charge in [-0.2, -0.15) is 0 Å². The lowest BCUT2D eigenvalue weighted by Crippen LogP contribution is -2.35. The zero-order chi connectivity index (χ0) is 14.4. The molecule has 0 aliphatic rings. The summed E-state index contributed by atoms with van der Waals surface area (Å²) in [6.45, 7) is 7.54. The normalized spacial score (nSPS) is 10.8. The van der Waals surface area contributed by atoms with E-state index in [0.717, 1.165) is 19.4 Å². The van der Waals surface area contributed by atoms with Crippen LogP contribution in [0.2, 0.25) is 0 Å². The van der Waals surface area contributed by atoms with Gasteiger partial charge in [0.1, 0.15) is 5.82 Å². The van der Waals surface area contributed by atoms with Crippen LogP contribution in [0, 0.1) is 11.7 Å². The fourth-order valence-electron chi connectivity index (χ4n) is 2.11. The summed E-state index contributed by atoms with van der Waals surface area (Å²) in [6.07, 6.45) is 2.08. The van der Waals surface area contributed by atoms with E-state index in [1.165, 1.54) is 18.2 Å². The third kappa shape index (κ3) is 3.94. The monoisotopic (exact) mass is 266 g/mol. The molecule has 0 saturated carbocycles. The highest BCUT2D eigenvalue weighted by Crippen LogP contribution is 2.18. The lowest BCUT2D eigenvalue weighted by Gasteiger charge is -2.26. The van der Waals surface area contributed by atoms with Gasteiger partial charge in [-0.3, -0.25) is 4.79 Å². The van der Waals surface area contributed by atoms with Gasteiger partial charge in [0, 0.05) is 18.8 Å². The molecule has 2 N–H and O–H groups in total. The summed E-state index contributed by atoms with van der Waals surface area (Å²) < 4.78 is 13.0. The van der Waals surface area contributed by atoms with Crippen molar-refractivity contribution in [2.45, 2.75) is 33.6 Å². The van der Waals surface area contributed by atoms with Crippen LogP contribution < -0.4 is 5.73 Å². The lowest BCUT2D eigenvalue weighted by molar-refractivity contribution is 0.0736. The van der Waals surface area contributed by atoms with Crippen LogP contribution in [0.1, 0.15) is 44.0 Å². The van der Waals surface area contributed by atoms with Gasteiger partial charge in [-0.25, -0.2) is 4.39 Å². The Bertz CT molecular complexity index is 430. The highest BCUT2D eigenvalue weighted by atomic mass is 19.1. The third-order valence-electron chi connectivity index (χ3n) is 3.55. The molecule has 0 atom stereocenters. The SMILES string of the molecule is CCC(CC)CN(CC)C(=O)c1ccc(F)cc1N. The second-order valence-corrected chi connectivity index (χ2v) is 4.76. The van der Waals surface area contributed by atoms with Gasteiger partial charge in [0.2, 0.25) is 0 Å². The number of nitrogen functional groups attached to an aromatic ring is 1. The summed E-state index contributed by atoms with van der Waals surface area (Å²) in [5, 5.41) is 0. The van der Waals surface area contributed by atoms with Crippen molar-refractivity contribution < 1.29 is 9.18 Å².